The van der Waals surface area contributed by atoms with Crippen molar-refractivity contribution in [3.05, 3.63) is 40.2 Å². The number of benzene rings is 1. The van der Waals surface area contributed by atoms with Crippen molar-refractivity contribution < 1.29 is 9.52 Å². The fraction of sp³-hybridized carbons (Fsp3) is 0.438. The van der Waals surface area contributed by atoms with E-state index in [1.807, 2.05) is 0 Å². The largest absolute Gasteiger partial charge is 0.508 e. The van der Waals surface area contributed by atoms with Crippen molar-refractivity contribution >= 4 is 11.0 Å². The molecule has 0 bridgehead atoms. The molecule has 3 nitrogen and oxygen atoms in total. The van der Waals surface area contributed by atoms with Crippen LogP contribution in [0.3, 0.4) is 0 Å². The van der Waals surface area contributed by atoms with E-state index in [4.69, 9.17) is 4.42 Å². The number of phenolic OH excluding ortho intramolecular Hbond substituents is 1. The number of rotatable bonds is 6. The average Bonchev–Trinajstić information content (AvgIpc) is 2.38. The number of unbranched alkanes of at least 4 members (excludes halogenated alkanes) is 4. The van der Waals surface area contributed by atoms with Crippen LogP contribution in [0.15, 0.2) is 33.5 Å². The fourth-order valence-electron chi connectivity index (χ4n) is 2.22. The van der Waals surface area contributed by atoms with Gasteiger partial charge in [-0.05, 0) is 18.6 Å². The first-order valence-electron chi connectivity index (χ1n) is 6.96. The van der Waals surface area contributed by atoms with E-state index in [-0.39, 0.29) is 11.2 Å². The summed E-state index contributed by atoms with van der Waals surface area (Å²) in [5, 5.41) is 9.94. The Hall–Kier alpha value is -1.77. The minimum atomic E-state index is -0.0372. The number of fused-ring (bicyclic) bond motifs is 1. The Kier molecular flexibility index (Phi) is 4.61. The maximum Gasteiger partial charge on any atom is 0.192 e. The highest BCUT2D eigenvalue weighted by Crippen LogP contribution is 2.19. The number of phenols is 1. The monoisotopic (exact) mass is 260 g/mol. The second-order valence-corrected chi connectivity index (χ2v) is 4.92. The number of hydrogen-bond acceptors (Lipinski definition) is 3. The number of hydrogen-bond donors (Lipinski definition) is 1. The van der Waals surface area contributed by atoms with E-state index in [0.29, 0.717) is 16.7 Å². The molecule has 2 rings (SSSR count). The van der Waals surface area contributed by atoms with Gasteiger partial charge in [-0.1, -0.05) is 32.6 Å². The Labute approximate surface area is 112 Å². The molecule has 3 heteroatoms. The Balaban J connectivity index is 2.09. The molecular formula is C16H20O3. The van der Waals surface area contributed by atoms with Gasteiger partial charge < -0.3 is 9.52 Å². The minimum Gasteiger partial charge on any atom is -0.508 e. The molecule has 1 aromatic heterocycles. The maximum atomic E-state index is 11.9. The Morgan fingerprint density at radius 3 is 2.68 bits per heavy atom. The van der Waals surface area contributed by atoms with E-state index >= 15 is 0 Å². The van der Waals surface area contributed by atoms with Gasteiger partial charge >= 0.3 is 0 Å². The standard InChI is InChI=1S/C16H20O3/c1-2-3-4-5-6-7-13-11-15(18)14-9-8-12(17)10-16(14)19-13/h8-11,17H,2-7H2,1H3. The summed E-state index contributed by atoms with van der Waals surface area (Å²) in [7, 11) is 0. The number of aromatic hydroxyl groups is 1. The lowest BCUT2D eigenvalue weighted by atomic mass is 10.1. The Morgan fingerprint density at radius 2 is 1.89 bits per heavy atom. The molecule has 0 unspecified atom stereocenters. The average molecular weight is 260 g/mol. The molecule has 1 N–H and O–H groups in total. The Bertz CT molecular complexity index is 598. The lowest BCUT2D eigenvalue weighted by Gasteiger charge is -2.03. The van der Waals surface area contributed by atoms with Crippen molar-refractivity contribution in [3.8, 4) is 5.75 Å². The van der Waals surface area contributed by atoms with Crippen molar-refractivity contribution in [1.29, 1.82) is 0 Å². The normalized spacial score (nSPS) is 11.0. The molecule has 0 radical (unpaired) electrons. The molecule has 0 aliphatic rings. The van der Waals surface area contributed by atoms with Gasteiger partial charge in [0.05, 0.1) is 5.39 Å². The topological polar surface area (TPSA) is 50.4 Å². The van der Waals surface area contributed by atoms with E-state index < -0.39 is 0 Å². The summed E-state index contributed by atoms with van der Waals surface area (Å²) in [6.07, 6.45) is 6.70. The van der Waals surface area contributed by atoms with Crippen LogP contribution in [0.4, 0.5) is 0 Å². The quantitative estimate of drug-likeness (QED) is 0.798. The molecule has 0 aliphatic heterocycles. The molecule has 0 fully saturated rings. The van der Waals surface area contributed by atoms with Gasteiger partial charge in [-0.15, -0.1) is 0 Å². The molecule has 0 atom stereocenters. The number of aryl methyl sites for hydroxylation is 1. The third-order valence-electron chi connectivity index (χ3n) is 3.29. The van der Waals surface area contributed by atoms with E-state index in [1.54, 1.807) is 12.1 Å². The smallest absolute Gasteiger partial charge is 0.192 e. The zero-order chi connectivity index (χ0) is 13.7. The predicted octanol–water partition coefficient (Wildman–Crippen LogP) is 4.01. The van der Waals surface area contributed by atoms with Crippen LogP contribution >= 0.6 is 0 Å². The van der Waals surface area contributed by atoms with E-state index in [0.717, 1.165) is 19.3 Å². The highest BCUT2D eigenvalue weighted by atomic mass is 16.3. The van der Waals surface area contributed by atoms with Crippen LogP contribution in [-0.2, 0) is 6.42 Å². The summed E-state index contributed by atoms with van der Waals surface area (Å²) in [6.45, 7) is 2.19. The van der Waals surface area contributed by atoms with Gasteiger partial charge in [-0.25, -0.2) is 0 Å². The molecule has 0 saturated heterocycles. The van der Waals surface area contributed by atoms with Gasteiger partial charge in [0.2, 0.25) is 0 Å². The molecule has 0 spiro atoms. The van der Waals surface area contributed by atoms with Gasteiger partial charge in [0.1, 0.15) is 17.1 Å². The molecule has 1 heterocycles. The molecule has 19 heavy (non-hydrogen) atoms. The van der Waals surface area contributed by atoms with Crippen LogP contribution in [0.5, 0.6) is 5.75 Å². The van der Waals surface area contributed by atoms with Gasteiger partial charge in [-0.3, -0.25) is 4.79 Å². The molecule has 0 amide bonds. The summed E-state index contributed by atoms with van der Waals surface area (Å²) >= 11 is 0. The van der Waals surface area contributed by atoms with Crippen LogP contribution in [0.1, 0.15) is 44.8 Å². The van der Waals surface area contributed by atoms with Crippen LogP contribution < -0.4 is 5.43 Å². The van der Waals surface area contributed by atoms with Gasteiger partial charge in [0, 0.05) is 18.6 Å². The summed E-state index contributed by atoms with van der Waals surface area (Å²) in [5.74, 6) is 0.829. The lowest BCUT2D eigenvalue weighted by Crippen LogP contribution is -2.02. The summed E-state index contributed by atoms with van der Waals surface area (Å²) < 4.78 is 5.67. The van der Waals surface area contributed by atoms with Crippen LogP contribution in [0.25, 0.3) is 11.0 Å². The third kappa shape index (κ3) is 3.60. The highest BCUT2D eigenvalue weighted by molar-refractivity contribution is 5.77. The third-order valence-corrected chi connectivity index (χ3v) is 3.29. The molecule has 0 aliphatic carbocycles. The summed E-state index contributed by atoms with van der Waals surface area (Å²) in [6, 6.07) is 6.17. The zero-order valence-corrected chi connectivity index (χ0v) is 11.3. The van der Waals surface area contributed by atoms with Gasteiger partial charge in [0.25, 0.3) is 0 Å². The van der Waals surface area contributed by atoms with Gasteiger partial charge in [-0.2, -0.15) is 0 Å². The second-order valence-electron chi connectivity index (χ2n) is 4.92. The zero-order valence-electron chi connectivity index (χ0n) is 11.3. The van der Waals surface area contributed by atoms with E-state index in [9.17, 15) is 9.90 Å². The van der Waals surface area contributed by atoms with E-state index in [2.05, 4.69) is 6.92 Å². The Morgan fingerprint density at radius 1 is 1.11 bits per heavy atom. The predicted molar refractivity (Wildman–Crippen MR) is 76.6 cm³/mol. The molecule has 0 saturated carbocycles. The molecule has 102 valence electrons. The van der Waals surface area contributed by atoms with Crippen molar-refractivity contribution in [2.24, 2.45) is 0 Å². The molecule has 2 aromatic rings. The van der Waals surface area contributed by atoms with Crippen LogP contribution in [0, 0.1) is 0 Å². The summed E-state index contributed by atoms with van der Waals surface area (Å²) in [5.41, 5.74) is 0.431. The minimum absolute atomic E-state index is 0.0372. The van der Waals surface area contributed by atoms with E-state index in [1.165, 1.54) is 31.4 Å². The van der Waals surface area contributed by atoms with Crippen molar-refractivity contribution in [3.63, 3.8) is 0 Å². The fourth-order valence-corrected chi connectivity index (χ4v) is 2.22. The SMILES string of the molecule is CCCCCCCc1cc(=O)c2ccc(O)cc2o1. The maximum absolute atomic E-state index is 11.9. The first-order chi connectivity index (χ1) is 9.20. The highest BCUT2D eigenvalue weighted by Gasteiger charge is 2.05. The van der Waals surface area contributed by atoms with Crippen molar-refractivity contribution in [2.45, 2.75) is 45.4 Å². The van der Waals surface area contributed by atoms with Crippen molar-refractivity contribution in [2.75, 3.05) is 0 Å². The van der Waals surface area contributed by atoms with Crippen LogP contribution in [-0.4, -0.2) is 5.11 Å². The van der Waals surface area contributed by atoms with Gasteiger partial charge in [0.15, 0.2) is 5.43 Å². The first kappa shape index (κ1) is 13.7. The molecule has 1 aromatic carbocycles. The second kappa shape index (κ2) is 6.41. The molecular weight excluding hydrogens is 240 g/mol. The lowest BCUT2D eigenvalue weighted by molar-refractivity contribution is 0.471. The van der Waals surface area contributed by atoms with Crippen molar-refractivity contribution in [1.82, 2.24) is 0 Å². The first-order valence-corrected chi connectivity index (χ1v) is 6.96. The van der Waals surface area contributed by atoms with Crippen LogP contribution in [0.2, 0.25) is 0 Å². The summed E-state index contributed by atoms with van der Waals surface area (Å²) in [4.78, 5) is 11.9.